The van der Waals surface area contributed by atoms with Gasteiger partial charge in [-0.2, -0.15) is 0 Å². The quantitative estimate of drug-likeness (QED) is 0.806. The number of hydrogen-bond acceptors (Lipinski definition) is 5. The van der Waals surface area contributed by atoms with E-state index < -0.39 is 0 Å². The lowest BCUT2D eigenvalue weighted by Gasteiger charge is -2.29. The monoisotopic (exact) mass is 236 g/mol. The molecule has 0 amide bonds. The van der Waals surface area contributed by atoms with Gasteiger partial charge in [0, 0.05) is 19.7 Å². The molecule has 5 heteroatoms. The van der Waals surface area contributed by atoms with Gasteiger partial charge in [0.25, 0.3) is 0 Å². The van der Waals surface area contributed by atoms with Gasteiger partial charge in [0.2, 0.25) is 5.95 Å². The molecule has 0 radical (unpaired) electrons. The molecule has 1 fully saturated rings. The maximum Gasteiger partial charge on any atom is 0.225 e. The van der Waals surface area contributed by atoms with Crippen molar-refractivity contribution < 1.29 is 4.74 Å². The molecule has 17 heavy (non-hydrogen) atoms. The van der Waals surface area contributed by atoms with Crippen LogP contribution in [0.5, 0.6) is 0 Å². The van der Waals surface area contributed by atoms with Crippen LogP contribution < -0.4 is 10.6 Å². The topological polar surface area (TPSA) is 64.3 Å². The lowest BCUT2D eigenvalue weighted by atomic mass is 10.2. The summed E-state index contributed by atoms with van der Waals surface area (Å²) in [6.45, 7) is 3.73. The van der Waals surface area contributed by atoms with Crippen LogP contribution in [0.2, 0.25) is 0 Å². The first-order valence-corrected chi connectivity index (χ1v) is 6.05. The minimum absolute atomic E-state index is 0.466. The number of anilines is 2. The molecule has 5 nitrogen and oxygen atoms in total. The summed E-state index contributed by atoms with van der Waals surface area (Å²) in [7, 11) is 1.71. The van der Waals surface area contributed by atoms with Crippen LogP contribution in [0.4, 0.5) is 11.6 Å². The van der Waals surface area contributed by atoms with Crippen molar-refractivity contribution in [2.75, 3.05) is 30.9 Å². The van der Waals surface area contributed by atoms with E-state index in [1.165, 1.54) is 12.8 Å². The summed E-state index contributed by atoms with van der Waals surface area (Å²) in [5.41, 5.74) is 6.20. The standard InChI is InChI=1S/C12H20N4O/c1-9(10-3-4-10)16(5-6-17-2)12-14-7-11(13)8-15-12/h7-10H,3-6,13H2,1-2H3. The third-order valence-corrected chi connectivity index (χ3v) is 3.25. The van der Waals surface area contributed by atoms with Crippen molar-refractivity contribution in [3.05, 3.63) is 12.4 Å². The van der Waals surface area contributed by atoms with Gasteiger partial charge in [-0.1, -0.05) is 0 Å². The Hall–Kier alpha value is -1.36. The Kier molecular flexibility index (Phi) is 3.78. The van der Waals surface area contributed by atoms with E-state index in [4.69, 9.17) is 10.5 Å². The normalized spacial score (nSPS) is 16.8. The number of nitrogens with zero attached hydrogens (tertiary/aromatic N) is 3. The van der Waals surface area contributed by atoms with E-state index in [0.717, 1.165) is 18.4 Å². The SMILES string of the molecule is COCCN(c1ncc(N)cn1)C(C)C1CC1. The summed E-state index contributed by atoms with van der Waals surface area (Å²) in [4.78, 5) is 10.8. The van der Waals surface area contributed by atoms with Gasteiger partial charge in [-0.15, -0.1) is 0 Å². The first-order chi connectivity index (χ1) is 8.22. The lowest BCUT2D eigenvalue weighted by molar-refractivity contribution is 0.202. The molecule has 0 aliphatic heterocycles. The molecular weight excluding hydrogens is 216 g/mol. The van der Waals surface area contributed by atoms with Crippen LogP contribution in [0.3, 0.4) is 0 Å². The van der Waals surface area contributed by atoms with Gasteiger partial charge in [0.15, 0.2) is 0 Å². The molecule has 2 rings (SSSR count). The Morgan fingerprint density at radius 3 is 2.65 bits per heavy atom. The maximum absolute atomic E-state index is 5.61. The van der Waals surface area contributed by atoms with Gasteiger partial charge in [-0.05, 0) is 25.7 Å². The molecule has 0 bridgehead atoms. The zero-order valence-electron chi connectivity index (χ0n) is 10.5. The molecule has 1 aliphatic rings. The van der Waals surface area contributed by atoms with E-state index in [2.05, 4.69) is 21.8 Å². The Morgan fingerprint density at radius 2 is 2.12 bits per heavy atom. The first-order valence-electron chi connectivity index (χ1n) is 6.05. The van der Waals surface area contributed by atoms with E-state index in [1.807, 2.05) is 0 Å². The highest BCUT2D eigenvalue weighted by Gasteiger charge is 2.32. The number of nitrogens with two attached hydrogens (primary N) is 1. The Bertz CT molecular complexity index is 350. The van der Waals surface area contributed by atoms with Gasteiger partial charge in [-0.25, -0.2) is 9.97 Å². The summed E-state index contributed by atoms with van der Waals surface area (Å²) in [6.07, 6.45) is 5.92. The van der Waals surface area contributed by atoms with E-state index in [1.54, 1.807) is 19.5 Å². The number of ether oxygens (including phenoxy) is 1. The number of methoxy groups -OCH3 is 1. The predicted octanol–water partition coefficient (Wildman–Crippen LogP) is 1.31. The smallest absolute Gasteiger partial charge is 0.225 e. The molecule has 1 aromatic rings. The van der Waals surface area contributed by atoms with Gasteiger partial charge >= 0.3 is 0 Å². The fraction of sp³-hybridized carbons (Fsp3) is 0.667. The van der Waals surface area contributed by atoms with Gasteiger partial charge < -0.3 is 15.4 Å². The van der Waals surface area contributed by atoms with Crippen molar-refractivity contribution in [3.63, 3.8) is 0 Å². The molecule has 1 aliphatic carbocycles. The third kappa shape index (κ3) is 3.06. The first kappa shape index (κ1) is 12.1. The van der Waals surface area contributed by atoms with Gasteiger partial charge in [0.1, 0.15) is 0 Å². The van der Waals surface area contributed by atoms with E-state index in [-0.39, 0.29) is 0 Å². The summed E-state index contributed by atoms with van der Waals surface area (Å²) < 4.78 is 5.15. The van der Waals surface area contributed by atoms with Crippen molar-refractivity contribution >= 4 is 11.6 Å². The highest BCUT2D eigenvalue weighted by molar-refractivity contribution is 5.38. The molecule has 1 atom stereocenters. The van der Waals surface area contributed by atoms with E-state index >= 15 is 0 Å². The number of rotatable bonds is 6. The van der Waals surface area contributed by atoms with Crippen molar-refractivity contribution in [2.45, 2.75) is 25.8 Å². The van der Waals surface area contributed by atoms with Crippen LogP contribution in [0.1, 0.15) is 19.8 Å². The van der Waals surface area contributed by atoms with Crippen molar-refractivity contribution in [1.82, 2.24) is 9.97 Å². The van der Waals surface area contributed by atoms with Crippen LogP contribution >= 0.6 is 0 Å². The number of aromatic nitrogens is 2. The molecule has 1 saturated carbocycles. The molecule has 94 valence electrons. The molecule has 0 spiro atoms. The predicted molar refractivity (Wildman–Crippen MR) is 67.9 cm³/mol. The molecule has 2 N–H and O–H groups in total. The van der Waals surface area contributed by atoms with Gasteiger partial charge in [0.05, 0.1) is 24.7 Å². The average Bonchev–Trinajstić information content (AvgIpc) is 3.15. The van der Waals surface area contributed by atoms with Crippen LogP contribution in [-0.4, -0.2) is 36.3 Å². The van der Waals surface area contributed by atoms with Crippen LogP contribution in [0.25, 0.3) is 0 Å². The second-order valence-electron chi connectivity index (χ2n) is 4.58. The van der Waals surface area contributed by atoms with Crippen LogP contribution in [0.15, 0.2) is 12.4 Å². The largest absolute Gasteiger partial charge is 0.396 e. The zero-order chi connectivity index (χ0) is 12.3. The van der Waals surface area contributed by atoms with Crippen molar-refractivity contribution in [3.8, 4) is 0 Å². The Morgan fingerprint density at radius 1 is 1.47 bits per heavy atom. The van der Waals surface area contributed by atoms with Gasteiger partial charge in [-0.3, -0.25) is 0 Å². The fourth-order valence-corrected chi connectivity index (χ4v) is 1.99. The second-order valence-corrected chi connectivity index (χ2v) is 4.58. The average molecular weight is 236 g/mol. The lowest BCUT2D eigenvalue weighted by Crippen LogP contribution is -2.38. The zero-order valence-corrected chi connectivity index (χ0v) is 10.5. The Balaban J connectivity index is 2.10. The molecule has 1 heterocycles. The Labute approximate surface area is 102 Å². The molecule has 1 aromatic heterocycles. The van der Waals surface area contributed by atoms with Crippen molar-refractivity contribution in [2.24, 2.45) is 5.92 Å². The number of hydrogen-bond donors (Lipinski definition) is 1. The molecular formula is C12H20N4O. The van der Waals surface area contributed by atoms with Crippen molar-refractivity contribution in [1.29, 1.82) is 0 Å². The maximum atomic E-state index is 5.61. The van der Waals surface area contributed by atoms with E-state index in [0.29, 0.717) is 18.3 Å². The highest BCUT2D eigenvalue weighted by Crippen LogP contribution is 2.36. The molecule has 1 unspecified atom stereocenters. The summed E-state index contributed by atoms with van der Waals surface area (Å²) >= 11 is 0. The minimum Gasteiger partial charge on any atom is -0.396 e. The summed E-state index contributed by atoms with van der Waals surface area (Å²) in [5.74, 6) is 1.52. The third-order valence-electron chi connectivity index (χ3n) is 3.25. The highest BCUT2D eigenvalue weighted by atomic mass is 16.5. The fourth-order valence-electron chi connectivity index (χ4n) is 1.99. The minimum atomic E-state index is 0.466. The summed E-state index contributed by atoms with van der Waals surface area (Å²) in [6, 6.07) is 0.466. The second kappa shape index (κ2) is 5.31. The summed E-state index contributed by atoms with van der Waals surface area (Å²) in [5, 5.41) is 0. The molecule has 0 aromatic carbocycles. The molecule has 0 saturated heterocycles. The van der Waals surface area contributed by atoms with E-state index in [9.17, 15) is 0 Å². The van der Waals surface area contributed by atoms with Crippen LogP contribution in [-0.2, 0) is 4.74 Å². The number of nitrogen functional groups attached to an aromatic ring is 1. The van der Waals surface area contributed by atoms with Crippen LogP contribution in [0, 0.1) is 5.92 Å².